The average Bonchev–Trinajstić information content (AvgIpc) is 3.44. The zero-order chi connectivity index (χ0) is 35.7. The number of para-hydroxylation sites is 2. The SMILES string of the molecule is C[Si]1(C)c2ccccc2-c2ccc(N(c3ccccc3)c3ccc4ccc5c(N(c6ccccc6)c6ccc(C#N)cc6)ccc6ccc3c4c65)cc21. The Morgan fingerprint density at radius 2 is 0.906 bits per heavy atom. The van der Waals surface area contributed by atoms with Gasteiger partial charge in [-0.3, -0.25) is 0 Å². The summed E-state index contributed by atoms with van der Waals surface area (Å²) >= 11 is 0. The molecule has 53 heavy (non-hydrogen) atoms. The molecule has 1 aliphatic heterocycles. The second-order valence-corrected chi connectivity index (χ2v) is 18.8. The van der Waals surface area contributed by atoms with Crippen molar-refractivity contribution in [3.05, 3.63) is 181 Å². The first-order valence-corrected chi connectivity index (χ1v) is 21.2. The number of fused-ring (bicyclic) bond motifs is 3. The van der Waals surface area contributed by atoms with Crippen molar-refractivity contribution in [1.82, 2.24) is 0 Å². The lowest BCUT2D eigenvalue weighted by Gasteiger charge is -2.30. The van der Waals surface area contributed by atoms with Crippen LogP contribution < -0.4 is 20.2 Å². The first kappa shape index (κ1) is 31.1. The van der Waals surface area contributed by atoms with E-state index in [0.29, 0.717) is 5.56 Å². The van der Waals surface area contributed by atoms with Gasteiger partial charge in [0, 0.05) is 33.5 Å². The molecule has 0 fully saturated rings. The monoisotopic (exact) mass is 693 g/mol. The van der Waals surface area contributed by atoms with E-state index in [4.69, 9.17) is 0 Å². The normalized spacial score (nSPS) is 12.8. The molecule has 9 aromatic carbocycles. The van der Waals surface area contributed by atoms with Crippen molar-refractivity contribution < 1.29 is 0 Å². The van der Waals surface area contributed by atoms with Gasteiger partial charge < -0.3 is 9.80 Å². The fraction of sp³-hybridized carbons (Fsp3) is 0.0408. The topological polar surface area (TPSA) is 30.3 Å². The third-order valence-electron chi connectivity index (χ3n) is 11.2. The molecule has 0 atom stereocenters. The Hall–Kier alpha value is -6.67. The van der Waals surface area contributed by atoms with Gasteiger partial charge >= 0.3 is 0 Å². The number of rotatable bonds is 6. The third-order valence-corrected chi connectivity index (χ3v) is 14.8. The quantitative estimate of drug-likeness (QED) is 0.128. The minimum Gasteiger partial charge on any atom is -0.310 e. The standard InChI is InChI=1S/C49H35N3Si/c1-53(2)46-16-10-9-15-40(46)41-28-25-39(31-47(41)53)52(37-13-7-4-8-14-37)45-30-22-35-19-26-42-44(29-21-34-20-27-43(45)49(35)48(34)42)51(36-11-5-3-6-12-36)38-23-17-33(32-50)18-24-38/h3-31H,1-2H3. The molecule has 0 saturated carbocycles. The number of nitriles is 1. The van der Waals surface area contributed by atoms with Crippen LogP contribution in [-0.4, -0.2) is 8.07 Å². The zero-order valence-corrected chi connectivity index (χ0v) is 30.6. The van der Waals surface area contributed by atoms with E-state index in [0.717, 1.165) is 28.4 Å². The van der Waals surface area contributed by atoms with Gasteiger partial charge in [-0.25, -0.2) is 0 Å². The first-order chi connectivity index (χ1) is 26.0. The summed E-state index contributed by atoms with van der Waals surface area (Å²) in [5.74, 6) is 0. The van der Waals surface area contributed by atoms with Gasteiger partial charge in [0.05, 0.1) is 23.0 Å². The lowest BCUT2D eigenvalue weighted by Crippen LogP contribution is -2.49. The molecule has 0 unspecified atom stereocenters. The lowest BCUT2D eigenvalue weighted by atomic mass is 9.91. The molecule has 250 valence electrons. The molecule has 1 heterocycles. The van der Waals surface area contributed by atoms with E-state index in [1.165, 1.54) is 59.5 Å². The van der Waals surface area contributed by atoms with Crippen molar-refractivity contribution in [3.63, 3.8) is 0 Å². The Bertz CT molecular complexity index is 2870. The summed E-state index contributed by atoms with van der Waals surface area (Å²) in [4.78, 5) is 4.76. The second kappa shape index (κ2) is 12.0. The van der Waals surface area contributed by atoms with Crippen molar-refractivity contribution in [3.8, 4) is 17.2 Å². The summed E-state index contributed by atoms with van der Waals surface area (Å²) in [5.41, 5.74) is 10.0. The number of nitrogens with zero attached hydrogens (tertiary/aromatic N) is 3. The van der Waals surface area contributed by atoms with Gasteiger partial charge in [0.1, 0.15) is 8.07 Å². The minimum absolute atomic E-state index is 0.645. The summed E-state index contributed by atoms with van der Waals surface area (Å²) in [6.45, 7) is 4.97. The summed E-state index contributed by atoms with van der Waals surface area (Å²) in [5, 5.41) is 19.9. The molecule has 10 rings (SSSR count). The van der Waals surface area contributed by atoms with Crippen LogP contribution in [-0.2, 0) is 0 Å². The number of anilines is 6. The average molecular weight is 694 g/mol. The molecule has 0 aromatic heterocycles. The van der Waals surface area contributed by atoms with Crippen LogP contribution in [0.1, 0.15) is 5.56 Å². The molecule has 0 aliphatic carbocycles. The molecular formula is C49H35N3Si. The van der Waals surface area contributed by atoms with Gasteiger partial charge in [-0.1, -0.05) is 116 Å². The van der Waals surface area contributed by atoms with E-state index in [1.807, 2.05) is 30.3 Å². The Labute approximate surface area is 310 Å². The maximum atomic E-state index is 9.54. The van der Waals surface area contributed by atoms with Crippen LogP contribution in [0.15, 0.2) is 176 Å². The largest absolute Gasteiger partial charge is 0.310 e. The number of hydrogen-bond donors (Lipinski definition) is 0. The van der Waals surface area contributed by atoms with Crippen LogP contribution in [0.25, 0.3) is 43.4 Å². The predicted octanol–water partition coefficient (Wildman–Crippen LogP) is 12.2. The Balaban J connectivity index is 1.21. The molecule has 1 aliphatic rings. The maximum Gasteiger partial charge on any atom is 0.113 e. The highest BCUT2D eigenvalue weighted by Gasteiger charge is 2.37. The van der Waals surface area contributed by atoms with Gasteiger partial charge in [-0.2, -0.15) is 5.26 Å². The number of hydrogen-bond acceptors (Lipinski definition) is 3. The molecular weight excluding hydrogens is 659 g/mol. The van der Waals surface area contributed by atoms with Gasteiger partial charge in [-0.15, -0.1) is 0 Å². The Kier molecular flexibility index (Phi) is 7.01. The molecule has 4 heteroatoms. The lowest BCUT2D eigenvalue weighted by molar-refractivity contribution is 1.29. The van der Waals surface area contributed by atoms with E-state index < -0.39 is 8.07 Å². The highest BCUT2D eigenvalue weighted by atomic mass is 28.3. The Morgan fingerprint density at radius 1 is 0.434 bits per heavy atom. The molecule has 0 bridgehead atoms. The van der Waals surface area contributed by atoms with E-state index >= 15 is 0 Å². The molecule has 0 spiro atoms. The van der Waals surface area contributed by atoms with E-state index in [-0.39, 0.29) is 0 Å². The molecule has 9 aromatic rings. The summed E-state index contributed by atoms with van der Waals surface area (Å²) in [6, 6.07) is 65.8. The van der Waals surface area contributed by atoms with Crippen molar-refractivity contribution >= 4 is 84.9 Å². The minimum atomic E-state index is -1.89. The van der Waals surface area contributed by atoms with Crippen molar-refractivity contribution in [2.45, 2.75) is 13.1 Å². The molecule has 0 amide bonds. The van der Waals surface area contributed by atoms with E-state index in [2.05, 4.69) is 175 Å². The summed E-state index contributed by atoms with van der Waals surface area (Å²) in [7, 11) is -1.89. The highest BCUT2D eigenvalue weighted by molar-refractivity contribution is 7.03. The van der Waals surface area contributed by atoms with Gasteiger partial charge in [-0.05, 0) is 116 Å². The van der Waals surface area contributed by atoms with Crippen LogP contribution in [0.4, 0.5) is 34.1 Å². The molecule has 0 N–H and O–H groups in total. The highest BCUT2D eigenvalue weighted by Crippen LogP contribution is 2.47. The van der Waals surface area contributed by atoms with Crippen LogP contribution in [0.2, 0.25) is 13.1 Å². The fourth-order valence-corrected chi connectivity index (χ4v) is 11.8. The van der Waals surface area contributed by atoms with Crippen molar-refractivity contribution in [1.29, 1.82) is 5.26 Å². The smallest absolute Gasteiger partial charge is 0.113 e. The van der Waals surface area contributed by atoms with Crippen LogP contribution in [0.3, 0.4) is 0 Å². The van der Waals surface area contributed by atoms with Crippen LogP contribution in [0.5, 0.6) is 0 Å². The van der Waals surface area contributed by atoms with Crippen molar-refractivity contribution in [2.24, 2.45) is 0 Å². The van der Waals surface area contributed by atoms with Gasteiger partial charge in [0.2, 0.25) is 0 Å². The zero-order valence-electron chi connectivity index (χ0n) is 29.6. The van der Waals surface area contributed by atoms with E-state index in [1.54, 1.807) is 0 Å². The summed E-state index contributed by atoms with van der Waals surface area (Å²) < 4.78 is 0. The maximum absolute atomic E-state index is 9.54. The summed E-state index contributed by atoms with van der Waals surface area (Å²) in [6.07, 6.45) is 0. The van der Waals surface area contributed by atoms with E-state index in [9.17, 15) is 5.26 Å². The van der Waals surface area contributed by atoms with Crippen LogP contribution in [0, 0.1) is 11.3 Å². The molecule has 0 radical (unpaired) electrons. The number of benzene rings is 9. The van der Waals surface area contributed by atoms with Gasteiger partial charge in [0.15, 0.2) is 0 Å². The predicted molar refractivity (Wildman–Crippen MR) is 226 cm³/mol. The van der Waals surface area contributed by atoms with Gasteiger partial charge in [0.25, 0.3) is 0 Å². The first-order valence-electron chi connectivity index (χ1n) is 18.2. The van der Waals surface area contributed by atoms with Crippen LogP contribution >= 0.6 is 0 Å². The Morgan fingerprint density at radius 3 is 1.49 bits per heavy atom. The molecule has 3 nitrogen and oxygen atoms in total. The fourth-order valence-electron chi connectivity index (χ4n) is 8.69. The second-order valence-electron chi connectivity index (χ2n) is 14.5. The third kappa shape index (κ3) is 4.79. The molecule has 0 saturated heterocycles. The van der Waals surface area contributed by atoms with Crippen molar-refractivity contribution in [2.75, 3.05) is 9.80 Å².